The number of hydrogen-bond acceptors (Lipinski definition) is 4. The van der Waals surface area contributed by atoms with Gasteiger partial charge in [0.2, 0.25) is 5.91 Å². The zero-order valence-electron chi connectivity index (χ0n) is 19.0. The van der Waals surface area contributed by atoms with Crippen molar-refractivity contribution in [2.45, 2.75) is 11.1 Å². The van der Waals surface area contributed by atoms with Crippen molar-refractivity contribution in [2.24, 2.45) is 0 Å². The summed E-state index contributed by atoms with van der Waals surface area (Å²) in [6, 6.07) is 19.6. The lowest BCUT2D eigenvalue weighted by atomic mass is 10.1. The van der Waals surface area contributed by atoms with Crippen LogP contribution in [0.4, 0.5) is 24.5 Å². The second-order valence-electron chi connectivity index (χ2n) is 8.22. The molecule has 1 saturated heterocycles. The monoisotopic (exact) mass is 581 g/mol. The number of nitrogens with zero attached hydrogens (tertiary/aromatic N) is 3. The molecule has 1 fully saturated rings. The maximum Gasteiger partial charge on any atom is 0.416 e. The summed E-state index contributed by atoms with van der Waals surface area (Å²) in [7, 11) is -4.03. The largest absolute Gasteiger partial charge is 0.416 e. The topological polar surface area (TPSA) is 60.9 Å². The number of amides is 1. The van der Waals surface area contributed by atoms with Crippen molar-refractivity contribution in [1.82, 2.24) is 4.90 Å². The number of hydrogen-bond donors (Lipinski definition) is 0. The SMILES string of the molecule is O=C(CN(c1cccc(Br)c1)S(=O)(=O)c1ccccc1)N1CCN(c2cccc(C(F)(F)F)c2)CC1. The van der Waals surface area contributed by atoms with E-state index in [1.807, 2.05) is 0 Å². The number of carbonyl (C=O) groups excluding carboxylic acids is 1. The van der Waals surface area contributed by atoms with Crippen molar-refractivity contribution in [2.75, 3.05) is 41.9 Å². The van der Waals surface area contributed by atoms with E-state index in [0.717, 1.165) is 16.4 Å². The van der Waals surface area contributed by atoms with E-state index in [1.54, 1.807) is 53.4 Å². The summed E-state index contributed by atoms with van der Waals surface area (Å²) >= 11 is 3.35. The predicted octanol–water partition coefficient (Wildman–Crippen LogP) is 5.01. The average Bonchev–Trinajstić information content (AvgIpc) is 2.87. The smallest absolute Gasteiger partial charge is 0.368 e. The maximum atomic E-state index is 13.5. The highest BCUT2D eigenvalue weighted by Crippen LogP contribution is 2.32. The van der Waals surface area contributed by atoms with E-state index in [9.17, 15) is 26.4 Å². The third-order valence-electron chi connectivity index (χ3n) is 5.88. The first-order valence-corrected chi connectivity index (χ1v) is 13.3. The average molecular weight is 582 g/mol. The van der Waals surface area contributed by atoms with Crippen LogP contribution in [0, 0.1) is 0 Å². The minimum Gasteiger partial charge on any atom is -0.368 e. The number of halogens is 4. The van der Waals surface area contributed by atoms with Gasteiger partial charge in [-0.3, -0.25) is 9.10 Å². The fourth-order valence-corrected chi connectivity index (χ4v) is 5.80. The predicted molar refractivity (Wildman–Crippen MR) is 135 cm³/mol. The molecule has 0 saturated carbocycles. The van der Waals surface area contributed by atoms with Gasteiger partial charge >= 0.3 is 6.18 Å². The normalized spacial score (nSPS) is 14.6. The summed E-state index contributed by atoms with van der Waals surface area (Å²) in [5.74, 6) is -0.391. The number of rotatable bonds is 6. The van der Waals surface area contributed by atoms with Gasteiger partial charge in [-0.05, 0) is 48.5 Å². The molecule has 0 aliphatic carbocycles. The van der Waals surface area contributed by atoms with Crippen molar-refractivity contribution in [1.29, 1.82) is 0 Å². The molecule has 6 nitrogen and oxygen atoms in total. The molecule has 1 heterocycles. The molecule has 1 aliphatic heterocycles. The van der Waals surface area contributed by atoms with Gasteiger partial charge in [0.15, 0.2) is 0 Å². The van der Waals surface area contributed by atoms with E-state index in [1.165, 1.54) is 23.1 Å². The van der Waals surface area contributed by atoms with Crippen LogP contribution in [0.25, 0.3) is 0 Å². The minimum absolute atomic E-state index is 0.0622. The van der Waals surface area contributed by atoms with Crippen LogP contribution in [0.1, 0.15) is 5.56 Å². The van der Waals surface area contributed by atoms with Crippen molar-refractivity contribution in [3.05, 3.63) is 88.9 Å². The van der Waals surface area contributed by atoms with Gasteiger partial charge in [0.1, 0.15) is 6.54 Å². The molecule has 1 amide bonds. The molecule has 190 valence electrons. The molecule has 0 N–H and O–H groups in total. The van der Waals surface area contributed by atoms with Crippen molar-refractivity contribution in [3.63, 3.8) is 0 Å². The fraction of sp³-hybridized carbons (Fsp3) is 0.240. The number of carbonyl (C=O) groups is 1. The van der Waals surface area contributed by atoms with Gasteiger partial charge in [0.05, 0.1) is 16.1 Å². The van der Waals surface area contributed by atoms with E-state index in [-0.39, 0.29) is 18.0 Å². The summed E-state index contributed by atoms with van der Waals surface area (Å²) in [6.07, 6.45) is -4.44. The summed E-state index contributed by atoms with van der Waals surface area (Å²) in [5.41, 5.74) is 0.0396. The molecular weight excluding hydrogens is 559 g/mol. The van der Waals surface area contributed by atoms with Crippen LogP contribution in [-0.2, 0) is 21.0 Å². The van der Waals surface area contributed by atoms with E-state index < -0.39 is 34.2 Å². The highest BCUT2D eigenvalue weighted by atomic mass is 79.9. The second-order valence-corrected chi connectivity index (χ2v) is 11.0. The molecule has 0 unspecified atom stereocenters. The first kappa shape index (κ1) is 26.0. The lowest BCUT2D eigenvalue weighted by molar-refractivity contribution is -0.137. The Morgan fingerprint density at radius 3 is 2.19 bits per heavy atom. The zero-order chi connectivity index (χ0) is 25.9. The molecule has 1 aliphatic rings. The van der Waals surface area contributed by atoms with Crippen LogP contribution in [0.3, 0.4) is 0 Å². The van der Waals surface area contributed by atoms with E-state index in [2.05, 4.69) is 15.9 Å². The van der Waals surface area contributed by atoms with Crippen LogP contribution in [0.5, 0.6) is 0 Å². The van der Waals surface area contributed by atoms with Gasteiger partial charge in [-0.1, -0.05) is 46.3 Å². The van der Waals surface area contributed by atoms with Crippen molar-refractivity contribution < 1.29 is 26.4 Å². The van der Waals surface area contributed by atoms with E-state index >= 15 is 0 Å². The van der Waals surface area contributed by atoms with Crippen LogP contribution >= 0.6 is 15.9 Å². The molecule has 11 heteroatoms. The Hall–Kier alpha value is -3.05. The molecule has 4 rings (SSSR count). The minimum atomic E-state index is -4.44. The molecule has 0 spiro atoms. The Balaban J connectivity index is 1.50. The zero-order valence-corrected chi connectivity index (χ0v) is 21.4. The van der Waals surface area contributed by atoms with Crippen LogP contribution in [-0.4, -0.2) is 51.9 Å². The van der Waals surface area contributed by atoms with Crippen molar-refractivity contribution in [3.8, 4) is 0 Å². The molecule has 0 bridgehead atoms. The molecule has 0 atom stereocenters. The first-order chi connectivity index (χ1) is 17.1. The third-order valence-corrected chi connectivity index (χ3v) is 8.16. The Bertz CT molecular complexity index is 1330. The Morgan fingerprint density at radius 1 is 0.889 bits per heavy atom. The van der Waals surface area contributed by atoms with Crippen LogP contribution in [0.2, 0.25) is 0 Å². The first-order valence-electron chi connectivity index (χ1n) is 11.1. The van der Waals surface area contributed by atoms with Crippen LogP contribution in [0.15, 0.2) is 88.2 Å². The molecule has 0 aromatic heterocycles. The Labute approximate surface area is 216 Å². The number of sulfonamides is 1. The highest BCUT2D eigenvalue weighted by molar-refractivity contribution is 9.10. The van der Waals surface area contributed by atoms with Gasteiger partial charge in [0.25, 0.3) is 10.0 Å². The second kappa shape index (κ2) is 10.5. The Kier molecular flexibility index (Phi) is 7.60. The Morgan fingerprint density at radius 2 is 1.56 bits per heavy atom. The summed E-state index contributed by atoms with van der Waals surface area (Å²) in [6.45, 7) is 0.765. The number of anilines is 2. The summed E-state index contributed by atoms with van der Waals surface area (Å²) in [5, 5.41) is 0. The van der Waals surface area contributed by atoms with Gasteiger partial charge in [0, 0.05) is 36.3 Å². The molecule has 36 heavy (non-hydrogen) atoms. The van der Waals surface area contributed by atoms with E-state index in [0.29, 0.717) is 28.9 Å². The third kappa shape index (κ3) is 5.84. The number of piperazine rings is 1. The molecule has 3 aromatic rings. The lowest BCUT2D eigenvalue weighted by Crippen LogP contribution is -2.52. The van der Waals surface area contributed by atoms with Crippen LogP contribution < -0.4 is 9.21 Å². The maximum absolute atomic E-state index is 13.5. The number of benzene rings is 3. The van der Waals surface area contributed by atoms with Crippen molar-refractivity contribution >= 4 is 43.2 Å². The van der Waals surface area contributed by atoms with Gasteiger partial charge in [-0.2, -0.15) is 13.2 Å². The summed E-state index contributed by atoms with van der Waals surface area (Å²) < 4.78 is 67.9. The van der Waals surface area contributed by atoms with Gasteiger partial charge in [-0.25, -0.2) is 8.42 Å². The quantitative estimate of drug-likeness (QED) is 0.410. The standard InChI is InChI=1S/C25H23BrF3N3O3S/c26-20-7-5-9-22(17-20)32(36(34,35)23-10-2-1-3-11-23)18-24(33)31-14-12-30(13-15-31)21-8-4-6-19(16-21)25(27,28)29/h1-11,16-17H,12-15,18H2. The fourth-order valence-electron chi connectivity index (χ4n) is 3.98. The molecule has 0 radical (unpaired) electrons. The van der Waals surface area contributed by atoms with Gasteiger partial charge in [-0.15, -0.1) is 0 Å². The van der Waals surface area contributed by atoms with Gasteiger partial charge < -0.3 is 9.80 Å². The molecular formula is C25H23BrF3N3O3S. The lowest BCUT2D eigenvalue weighted by Gasteiger charge is -2.37. The van der Waals surface area contributed by atoms with E-state index in [4.69, 9.17) is 0 Å². The summed E-state index contributed by atoms with van der Waals surface area (Å²) in [4.78, 5) is 16.6. The highest BCUT2D eigenvalue weighted by Gasteiger charge is 2.32. The number of alkyl halides is 3. The molecule has 3 aromatic carbocycles.